The van der Waals surface area contributed by atoms with E-state index in [0.29, 0.717) is 62.2 Å². The fraction of sp³-hybridized carbons (Fsp3) is 0.426. The molecule has 18 heteroatoms. The highest BCUT2D eigenvalue weighted by Crippen LogP contribution is 2.44. The highest BCUT2D eigenvalue weighted by molar-refractivity contribution is 7.90. The number of aromatic nitrogens is 3. The van der Waals surface area contributed by atoms with Crippen LogP contribution in [0.3, 0.4) is 0 Å². The second kappa shape index (κ2) is 18.6. The number of ether oxygens (including phenoxy) is 2. The summed E-state index contributed by atoms with van der Waals surface area (Å²) in [6.07, 6.45) is 8.22. The number of nitrogens with zero attached hydrogens (tertiary/aromatic N) is 6. The summed E-state index contributed by atoms with van der Waals surface area (Å²) in [5, 5.41) is 16.8. The van der Waals surface area contributed by atoms with Crippen LogP contribution in [0.15, 0.2) is 83.5 Å². The number of sulfonamides is 1. The molecule has 342 valence electrons. The number of pyridine rings is 2. The van der Waals surface area contributed by atoms with E-state index in [0.717, 1.165) is 93.2 Å². The molecule has 0 radical (unpaired) electrons. The summed E-state index contributed by atoms with van der Waals surface area (Å²) in [7, 11) is -4.63. The van der Waals surface area contributed by atoms with Crippen molar-refractivity contribution in [2.24, 2.45) is 11.3 Å². The number of carbonyl (C=O) groups is 1. The first-order valence-corrected chi connectivity index (χ1v) is 24.2. The van der Waals surface area contributed by atoms with Crippen molar-refractivity contribution in [2.75, 3.05) is 80.8 Å². The molecule has 6 heterocycles. The van der Waals surface area contributed by atoms with Gasteiger partial charge in [-0.2, -0.15) is 4.98 Å². The van der Waals surface area contributed by atoms with E-state index in [9.17, 15) is 23.3 Å². The van der Waals surface area contributed by atoms with Crippen LogP contribution in [0.5, 0.6) is 5.88 Å². The maximum atomic E-state index is 14.4. The van der Waals surface area contributed by atoms with Gasteiger partial charge in [0.05, 0.1) is 29.0 Å². The Morgan fingerprint density at radius 3 is 2.55 bits per heavy atom. The quantitative estimate of drug-likeness (QED) is 0.0804. The van der Waals surface area contributed by atoms with Crippen LogP contribution in [-0.4, -0.2) is 105 Å². The molecule has 0 bridgehead atoms. The van der Waals surface area contributed by atoms with Crippen LogP contribution in [0, 0.1) is 21.4 Å². The maximum absolute atomic E-state index is 14.4. The highest BCUT2D eigenvalue weighted by Gasteiger charge is 2.32. The molecule has 3 N–H and O–H groups in total. The van der Waals surface area contributed by atoms with Gasteiger partial charge in [-0.15, -0.1) is 0 Å². The van der Waals surface area contributed by atoms with Crippen molar-refractivity contribution >= 4 is 72.7 Å². The Morgan fingerprint density at radius 2 is 1.78 bits per heavy atom. The number of allylic oxidation sites excluding steroid dienone is 1. The fourth-order valence-corrected chi connectivity index (χ4v) is 10.4. The number of hydrogen-bond acceptors (Lipinski definition) is 13. The van der Waals surface area contributed by atoms with Crippen molar-refractivity contribution in [3.8, 4) is 5.88 Å². The van der Waals surface area contributed by atoms with E-state index >= 15 is 0 Å². The molecular weight excluding hydrogens is 870 g/mol. The summed E-state index contributed by atoms with van der Waals surface area (Å²) < 4.78 is 41.5. The van der Waals surface area contributed by atoms with Crippen molar-refractivity contribution in [1.82, 2.24) is 24.6 Å². The summed E-state index contributed by atoms with van der Waals surface area (Å²) >= 11 is 6.27. The van der Waals surface area contributed by atoms with Crippen LogP contribution in [0.25, 0.3) is 16.6 Å². The van der Waals surface area contributed by atoms with Crippen molar-refractivity contribution in [3.05, 3.63) is 105 Å². The van der Waals surface area contributed by atoms with Gasteiger partial charge in [-0.25, -0.2) is 18.1 Å². The minimum atomic E-state index is -4.63. The number of anilines is 4. The largest absolute Gasteiger partial charge is 0.476 e. The number of hydrogen-bond donors (Lipinski definition) is 3. The van der Waals surface area contributed by atoms with Gasteiger partial charge >= 0.3 is 5.69 Å². The summed E-state index contributed by atoms with van der Waals surface area (Å²) in [6, 6.07) is 18.4. The lowest BCUT2D eigenvalue weighted by Crippen LogP contribution is -2.47. The number of benzene rings is 2. The fourth-order valence-electron chi connectivity index (χ4n) is 9.33. The number of piperazine rings is 1. The van der Waals surface area contributed by atoms with Gasteiger partial charge in [0, 0.05) is 87.4 Å². The lowest BCUT2D eigenvalue weighted by Gasteiger charge is -2.39. The van der Waals surface area contributed by atoms with Crippen LogP contribution in [0.4, 0.5) is 28.6 Å². The van der Waals surface area contributed by atoms with Crippen LogP contribution >= 0.6 is 11.6 Å². The summed E-state index contributed by atoms with van der Waals surface area (Å²) in [5.41, 5.74) is 6.57. The van der Waals surface area contributed by atoms with Gasteiger partial charge in [-0.1, -0.05) is 43.2 Å². The van der Waals surface area contributed by atoms with E-state index < -0.39 is 31.4 Å². The molecule has 3 aliphatic heterocycles. The number of nitro groups is 1. The number of rotatable bonds is 12. The average Bonchev–Trinajstić information content (AvgIpc) is 3.66. The van der Waals surface area contributed by atoms with E-state index in [1.807, 2.05) is 41.3 Å². The standard InChI is InChI=1S/C47H54ClN9O7S/c1-47(2)14-10-34(39(27-47)32-4-6-35(48)7-5-32)30-54-17-19-55(20-18-54)36-8-9-38(40(25-36)56-16-3-21-64-46-42(56)24-33-11-15-49-43(33)52-46)45(58)53-65(61,62)37-26-41(57(59)60)44(51-29-37)50-28-31-12-22-63-23-13-31/h4-9,11,15,24-26,29,31H,3,10,12-14,16-23,27-28,30H2,1-2H3,(H,49,52)(H,50,51)(H,53,58). The first kappa shape index (κ1) is 44.5. The zero-order valence-electron chi connectivity index (χ0n) is 36.6. The zero-order valence-corrected chi connectivity index (χ0v) is 38.2. The highest BCUT2D eigenvalue weighted by atomic mass is 35.5. The lowest BCUT2D eigenvalue weighted by molar-refractivity contribution is -0.384. The molecule has 9 rings (SSSR count). The van der Waals surface area contributed by atoms with Crippen molar-refractivity contribution < 1.29 is 27.6 Å². The van der Waals surface area contributed by atoms with Gasteiger partial charge in [0.15, 0.2) is 0 Å². The molecule has 0 unspecified atom stereocenters. The first-order chi connectivity index (χ1) is 31.3. The van der Waals surface area contributed by atoms with E-state index in [1.165, 1.54) is 16.7 Å². The molecule has 2 saturated heterocycles. The van der Waals surface area contributed by atoms with E-state index in [1.54, 1.807) is 12.3 Å². The number of nitrogens with one attached hydrogen (secondary N) is 3. The van der Waals surface area contributed by atoms with Gasteiger partial charge in [0.25, 0.3) is 15.9 Å². The minimum Gasteiger partial charge on any atom is -0.476 e. The Hall–Kier alpha value is -5.75. The molecule has 65 heavy (non-hydrogen) atoms. The Kier molecular flexibility index (Phi) is 12.7. The van der Waals surface area contributed by atoms with Gasteiger partial charge in [-0.3, -0.25) is 19.8 Å². The number of carbonyl (C=O) groups excluding carboxylic acids is 1. The zero-order chi connectivity index (χ0) is 45.3. The Labute approximate surface area is 383 Å². The number of fused-ring (bicyclic) bond motifs is 2. The predicted octanol–water partition coefficient (Wildman–Crippen LogP) is 8.18. The number of aromatic amines is 1. The number of amides is 1. The van der Waals surface area contributed by atoms with Crippen LogP contribution in [0.2, 0.25) is 5.02 Å². The number of halogens is 1. The third-order valence-electron chi connectivity index (χ3n) is 13.1. The molecule has 1 amide bonds. The van der Waals surface area contributed by atoms with Crippen molar-refractivity contribution in [1.29, 1.82) is 0 Å². The van der Waals surface area contributed by atoms with E-state index in [2.05, 4.69) is 55.8 Å². The topological polar surface area (TPSA) is 188 Å². The predicted molar refractivity (Wildman–Crippen MR) is 252 cm³/mol. The Balaban J connectivity index is 0.986. The Bertz CT molecular complexity index is 2730. The van der Waals surface area contributed by atoms with Gasteiger partial charge in [0.1, 0.15) is 16.2 Å². The van der Waals surface area contributed by atoms with Crippen LogP contribution in [0.1, 0.15) is 68.3 Å². The second-order valence-corrected chi connectivity index (χ2v) is 20.3. The molecular formula is C47H54ClN9O7S. The molecule has 0 spiro atoms. The van der Waals surface area contributed by atoms with E-state index in [-0.39, 0.29) is 22.7 Å². The molecule has 4 aliphatic rings. The second-order valence-electron chi connectivity index (χ2n) is 18.1. The van der Waals surface area contributed by atoms with Gasteiger partial charge in [-0.05, 0) is 103 Å². The molecule has 3 aromatic heterocycles. The summed E-state index contributed by atoms with van der Waals surface area (Å²) in [6.45, 7) is 11.2. The minimum absolute atomic E-state index is 0.0459. The van der Waals surface area contributed by atoms with Crippen molar-refractivity contribution in [3.63, 3.8) is 0 Å². The monoisotopic (exact) mass is 923 g/mol. The SMILES string of the molecule is CC1(C)CCC(CN2CCN(c3ccc(C(=O)NS(=O)(=O)c4cnc(NCC5CCOCC5)c([N+](=O)[O-])c4)c(N4CCCOc5nc6[nH]ccc6cc54)c3)CC2)=C(c2ccc(Cl)cc2)C1. The smallest absolute Gasteiger partial charge is 0.312 e. The third kappa shape index (κ3) is 9.93. The lowest BCUT2D eigenvalue weighted by atomic mass is 9.72. The van der Waals surface area contributed by atoms with Crippen molar-refractivity contribution in [2.45, 2.75) is 57.3 Å². The first-order valence-electron chi connectivity index (χ1n) is 22.3. The summed E-state index contributed by atoms with van der Waals surface area (Å²) in [5.74, 6) is -0.325. The molecule has 16 nitrogen and oxygen atoms in total. The van der Waals surface area contributed by atoms with Crippen LogP contribution in [-0.2, 0) is 14.8 Å². The van der Waals surface area contributed by atoms with Gasteiger partial charge < -0.3 is 29.6 Å². The molecule has 2 aromatic carbocycles. The van der Waals surface area contributed by atoms with Gasteiger partial charge in [0.2, 0.25) is 11.7 Å². The van der Waals surface area contributed by atoms with E-state index in [4.69, 9.17) is 26.1 Å². The number of H-pyrrole nitrogens is 1. The molecule has 0 saturated carbocycles. The molecule has 2 fully saturated rings. The maximum Gasteiger partial charge on any atom is 0.312 e. The molecule has 1 aliphatic carbocycles. The van der Waals surface area contributed by atoms with Crippen LogP contribution < -0.4 is 24.6 Å². The molecule has 5 aromatic rings. The Morgan fingerprint density at radius 1 is 1.00 bits per heavy atom. The normalized spacial score (nSPS) is 18.5. The third-order valence-corrected chi connectivity index (χ3v) is 14.6. The summed E-state index contributed by atoms with van der Waals surface area (Å²) in [4.78, 5) is 44.1. The molecule has 0 atom stereocenters. The average molecular weight is 925 g/mol.